The molecule has 0 N–H and O–H groups in total. The van der Waals surface area contributed by atoms with Crippen molar-refractivity contribution < 1.29 is 4.92 Å². The SMILES string of the molecule is Cc1cc(N(C)CC2CCN(C)CC2)nc(-c2ccc([N+](=O)[O-])cc2)n1. The molecule has 1 fully saturated rings. The molecule has 1 aliphatic heterocycles. The fourth-order valence-electron chi connectivity index (χ4n) is 3.33. The van der Waals surface area contributed by atoms with Crippen molar-refractivity contribution in [3.05, 3.63) is 46.1 Å². The number of nitro benzene ring substituents is 1. The van der Waals surface area contributed by atoms with Gasteiger partial charge in [0.1, 0.15) is 5.82 Å². The van der Waals surface area contributed by atoms with Gasteiger partial charge in [0.15, 0.2) is 5.82 Å². The average Bonchev–Trinajstić information content (AvgIpc) is 2.63. The van der Waals surface area contributed by atoms with Crippen LogP contribution in [-0.2, 0) is 0 Å². The maximum absolute atomic E-state index is 10.8. The lowest BCUT2D eigenvalue weighted by atomic mass is 9.97. The third-order valence-corrected chi connectivity index (χ3v) is 4.94. The van der Waals surface area contributed by atoms with Crippen LogP contribution in [0.3, 0.4) is 0 Å². The van der Waals surface area contributed by atoms with Gasteiger partial charge in [0.05, 0.1) is 4.92 Å². The summed E-state index contributed by atoms with van der Waals surface area (Å²) in [5.74, 6) is 2.17. The highest BCUT2D eigenvalue weighted by molar-refractivity contribution is 5.59. The summed E-state index contributed by atoms with van der Waals surface area (Å²) in [6.45, 7) is 5.22. The van der Waals surface area contributed by atoms with Gasteiger partial charge in [-0.05, 0) is 58.0 Å². The van der Waals surface area contributed by atoms with E-state index in [1.54, 1.807) is 12.1 Å². The van der Waals surface area contributed by atoms with E-state index in [-0.39, 0.29) is 5.69 Å². The van der Waals surface area contributed by atoms with E-state index in [0.717, 1.165) is 36.7 Å². The predicted molar refractivity (Wildman–Crippen MR) is 102 cm³/mol. The molecule has 1 aromatic carbocycles. The molecule has 3 rings (SSSR count). The van der Waals surface area contributed by atoms with Crippen LogP contribution in [0.2, 0.25) is 0 Å². The van der Waals surface area contributed by atoms with E-state index in [1.165, 1.54) is 25.0 Å². The number of aryl methyl sites for hydroxylation is 1. The Kier molecular flexibility index (Phi) is 5.46. The molecule has 0 bridgehead atoms. The van der Waals surface area contributed by atoms with Crippen LogP contribution in [0.15, 0.2) is 30.3 Å². The molecule has 0 amide bonds. The Bertz CT molecular complexity index is 770. The van der Waals surface area contributed by atoms with Gasteiger partial charge in [-0.15, -0.1) is 0 Å². The van der Waals surface area contributed by atoms with E-state index in [4.69, 9.17) is 4.98 Å². The van der Waals surface area contributed by atoms with Gasteiger partial charge in [0.2, 0.25) is 0 Å². The van der Waals surface area contributed by atoms with E-state index in [1.807, 2.05) is 13.0 Å². The first-order valence-corrected chi connectivity index (χ1v) is 8.92. The van der Waals surface area contributed by atoms with Crippen LogP contribution < -0.4 is 4.90 Å². The predicted octanol–water partition coefficient (Wildman–Crippen LogP) is 3.14. The van der Waals surface area contributed by atoms with E-state index < -0.39 is 4.92 Å². The number of benzene rings is 1. The monoisotopic (exact) mass is 355 g/mol. The van der Waals surface area contributed by atoms with Crippen molar-refractivity contribution in [1.82, 2.24) is 14.9 Å². The number of hydrogen-bond acceptors (Lipinski definition) is 6. The van der Waals surface area contributed by atoms with E-state index >= 15 is 0 Å². The fourth-order valence-corrected chi connectivity index (χ4v) is 3.33. The highest BCUT2D eigenvalue weighted by atomic mass is 16.6. The lowest BCUT2D eigenvalue weighted by Gasteiger charge is -2.32. The smallest absolute Gasteiger partial charge is 0.269 e. The lowest BCUT2D eigenvalue weighted by molar-refractivity contribution is -0.384. The van der Waals surface area contributed by atoms with Gasteiger partial charge in [0, 0.05) is 43.0 Å². The van der Waals surface area contributed by atoms with Gasteiger partial charge in [0.25, 0.3) is 5.69 Å². The normalized spacial score (nSPS) is 15.8. The first-order chi connectivity index (χ1) is 12.4. The van der Waals surface area contributed by atoms with Crippen molar-refractivity contribution in [1.29, 1.82) is 0 Å². The molecule has 0 aliphatic carbocycles. The van der Waals surface area contributed by atoms with Crippen LogP contribution in [0.1, 0.15) is 18.5 Å². The maximum Gasteiger partial charge on any atom is 0.269 e. The standard InChI is InChI=1S/C19H25N5O2/c1-14-12-18(23(3)13-15-8-10-22(2)11-9-15)21-19(20-14)16-4-6-17(7-5-16)24(25)26/h4-7,12,15H,8-11,13H2,1-3H3. The minimum absolute atomic E-state index is 0.0704. The number of hydrogen-bond donors (Lipinski definition) is 0. The van der Waals surface area contributed by atoms with E-state index in [9.17, 15) is 10.1 Å². The number of anilines is 1. The van der Waals surface area contributed by atoms with E-state index in [2.05, 4.69) is 28.9 Å². The van der Waals surface area contributed by atoms with Crippen molar-refractivity contribution in [3.8, 4) is 11.4 Å². The van der Waals surface area contributed by atoms with Crippen LogP contribution in [0.5, 0.6) is 0 Å². The highest BCUT2D eigenvalue weighted by Gasteiger charge is 2.19. The molecule has 1 aliphatic rings. The largest absolute Gasteiger partial charge is 0.359 e. The molecule has 0 atom stereocenters. The zero-order valence-electron chi connectivity index (χ0n) is 15.6. The zero-order chi connectivity index (χ0) is 18.7. The minimum atomic E-state index is -0.401. The number of rotatable bonds is 5. The van der Waals surface area contributed by atoms with Crippen molar-refractivity contribution in [2.75, 3.05) is 38.6 Å². The molecular formula is C19H25N5O2. The summed E-state index contributed by atoms with van der Waals surface area (Å²) in [6.07, 6.45) is 2.42. The quantitative estimate of drug-likeness (QED) is 0.606. The molecule has 1 saturated heterocycles. The van der Waals surface area contributed by atoms with Crippen LogP contribution in [-0.4, -0.2) is 53.5 Å². The van der Waals surface area contributed by atoms with Gasteiger partial charge >= 0.3 is 0 Å². The Morgan fingerprint density at radius 3 is 2.50 bits per heavy atom. The number of nitrogens with zero attached hydrogens (tertiary/aromatic N) is 5. The van der Waals surface area contributed by atoms with Crippen LogP contribution in [0.4, 0.5) is 11.5 Å². The second-order valence-electron chi connectivity index (χ2n) is 7.12. The molecule has 0 saturated carbocycles. The second kappa shape index (κ2) is 7.78. The van der Waals surface area contributed by atoms with Crippen LogP contribution in [0.25, 0.3) is 11.4 Å². The average molecular weight is 355 g/mol. The molecule has 2 heterocycles. The molecule has 7 nitrogen and oxygen atoms in total. The minimum Gasteiger partial charge on any atom is -0.359 e. The first kappa shape index (κ1) is 18.3. The first-order valence-electron chi connectivity index (χ1n) is 8.92. The third-order valence-electron chi connectivity index (χ3n) is 4.94. The van der Waals surface area contributed by atoms with Gasteiger partial charge in [-0.2, -0.15) is 0 Å². The molecule has 0 radical (unpaired) electrons. The summed E-state index contributed by atoms with van der Waals surface area (Å²) in [5.41, 5.74) is 1.74. The van der Waals surface area contributed by atoms with E-state index in [0.29, 0.717) is 11.7 Å². The molecule has 138 valence electrons. The van der Waals surface area contributed by atoms with Gasteiger partial charge in [-0.1, -0.05) is 0 Å². The lowest BCUT2D eigenvalue weighted by Crippen LogP contribution is -2.36. The molecule has 1 aromatic heterocycles. The van der Waals surface area contributed by atoms with Gasteiger partial charge < -0.3 is 9.80 Å². The Labute approximate surface area is 153 Å². The van der Waals surface area contributed by atoms with Crippen molar-refractivity contribution >= 4 is 11.5 Å². The number of aromatic nitrogens is 2. The molecule has 0 spiro atoms. The Morgan fingerprint density at radius 1 is 1.23 bits per heavy atom. The van der Waals surface area contributed by atoms with Crippen LogP contribution in [0, 0.1) is 23.0 Å². The maximum atomic E-state index is 10.8. The van der Waals surface area contributed by atoms with Crippen molar-refractivity contribution in [3.63, 3.8) is 0 Å². The molecule has 0 unspecified atom stereocenters. The second-order valence-corrected chi connectivity index (χ2v) is 7.12. The molecular weight excluding hydrogens is 330 g/mol. The zero-order valence-corrected chi connectivity index (χ0v) is 15.6. The third kappa shape index (κ3) is 4.35. The Hall–Kier alpha value is -2.54. The summed E-state index contributed by atoms with van der Waals surface area (Å²) in [5, 5.41) is 10.8. The fraction of sp³-hybridized carbons (Fsp3) is 0.474. The summed E-state index contributed by atoms with van der Waals surface area (Å²) in [7, 11) is 4.24. The van der Waals surface area contributed by atoms with Crippen LogP contribution >= 0.6 is 0 Å². The number of non-ortho nitro benzene ring substituents is 1. The van der Waals surface area contributed by atoms with Gasteiger partial charge in [-0.25, -0.2) is 9.97 Å². The van der Waals surface area contributed by atoms with Crippen molar-refractivity contribution in [2.45, 2.75) is 19.8 Å². The highest BCUT2D eigenvalue weighted by Crippen LogP contribution is 2.24. The van der Waals surface area contributed by atoms with Gasteiger partial charge in [-0.3, -0.25) is 10.1 Å². The summed E-state index contributed by atoms with van der Waals surface area (Å²) < 4.78 is 0. The summed E-state index contributed by atoms with van der Waals surface area (Å²) >= 11 is 0. The number of nitro groups is 1. The number of likely N-dealkylation sites (tertiary alicyclic amines) is 1. The Morgan fingerprint density at radius 2 is 1.88 bits per heavy atom. The van der Waals surface area contributed by atoms with Crippen molar-refractivity contribution in [2.24, 2.45) is 5.92 Å². The molecule has 2 aromatic rings. The summed E-state index contributed by atoms with van der Waals surface area (Å²) in [6, 6.07) is 8.37. The molecule has 7 heteroatoms. The Balaban J connectivity index is 1.77. The topological polar surface area (TPSA) is 75.4 Å². The summed E-state index contributed by atoms with van der Waals surface area (Å²) in [4.78, 5) is 24.2. The number of piperidine rings is 1. The molecule has 26 heavy (non-hydrogen) atoms.